The molecular formula is C25H36N5O6P. The molecule has 0 aliphatic carbocycles. The topological polar surface area (TPSA) is 109 Å². The molecule has 11 nitrogen and oxygen atoms in total. The molecular weight excluding hydrogens is 497 g/mol. The van der Waals surface area contributed by atoms with Crippen LogP contribution in [0.5, 0.6) is 11.5 Å². The minimum atomic E-state index is -1.59. The SMILES string of the molecule is [2H]C([3H])OC[C@H]1O[C@@H](n2cc3c(nc2=O)Nc2ccccc2O3)C[C@H]1OP(OC=NCC)N(C(C)C)C(C)C. The maximum Gasteiger partial charge on any atom is 0.351 e. The third-order valence-electron chi connectivity index (χ3n) is 5.90. The molecule has 2 unspecified atom stereocenters. The van der Waals surface area contributed by atoms with Crippen LogP contribution in [0, 0.1) is 0 Å². The van der Waals surface area contributed by atoms with Crippen LogP contribution in [0.2, 0.25) is 0 Å². The molecule has 202 valence electrons. The number of nitrogens with zero attached hydrogens (tertiary/aromatic N) is 4. The maximum absolute atomic E-state index is 13.1. The van der Waals surface area contributed by atoms with E-state index in [1.807, 2.05) is 31.2 Å². The van der Waals surface area contributed by atoms with Crippen LogP contribution >= 0.6 is 8.53 Å². The Hall–Kier alpha value is -2.56. The predicted octanol–water partition coefficient (Wildman–Crippen LogP) is 4.82. The van der Waals surface area contributed by atoms with Crippen LogP contribution in [0.1, 0.15) is 50.0 Å². The first-order valence-electron chi connectivity index (χ1n) is 13.5. The molecule has 4 rings (SSSR count). The van der Waals surface area contributed by atoms with Gasteiger partial charge in [0.2, 0.25) is 0 Å². The molecule has 0 spiro atoms. The van der Waals surface area contributed by atoms with E-state index in [-0.39, 0.29) is 25.1 Å². The fourth-order valence-electron chi connectivity index (χ4n) is 4.32. The lowest BCUT2D eigenvalue weighted by atomic mass is 10.2. The lowest BCUT2D eigenvalue weighted by molar-refractivity contribution is -0.0520. The summed E-state index contributed by atoms with van der Waals surface area (Å²) in [7, 11) is -3.08. The molecule has 0 bridgehead atoms. The van der Waals surface area contributed by atoms with Gasteiger partial charge in [-0.3, -0.25) is 9.56 Å². The highest BCUT2D eigenvalue weighted by atomic mass is 31.2. The van der Waals surface area contributed by atoms with Crippen molar-refractivity contribution < 1.29 is 26.0 Å². The zero-order valence-corrected chi connectivity index (χ0v) is 22.6. The molecule has 0 radical (unpaired) electrons. The van der Waals surface area contributed by atoms with Gasteiger partial charge in [-0.25, -0.2) is 9.46 Å². The Labute approximate surface area is 221 Å². The number of hydrogen-bond donors (Lipinski definition) is 1. The standard InChI is InChI=1S/C25H36N5O6P/c1-7-26-15-33-37(30(16(2)3)17(4)5)36-20-12-23(35-22(20)14-32-6)29-13-21-24(28-25(29)31)27-18-10-8-9-11-19(18)34-21/h8-11,13,15-17,20,22-23H,7,12,14H2,1-6H3,(H,27,28,31)/t20-,22-,23-,37?/m1/s1/i6TD/t6?,20-,22-,23-,37?. The number of hydrogen-bond acceptors (Lipinski definition) is 10. The second kappa shape index (κ2) is 12.3. The first kappa shape index (κ1) is 24.8. The zero-order chi connectivity index (χ0) is 28.1. The minimum Gasteiger partial charge on any atom is -0.450 e. The van der Waals surface area contributed by atoms with E-state index >= 15 is 0 Å². The van der Waals surface area contributed by atoms with Crippen molar-refractivity contribution in [2.45, 2.75) is 71.6 Å². The summed E-state index contributed by atoms with van der Waals surface area (Å²) in [5, 5.41) is 3.12. The van der Waals surface area contributed by atoms with Gasteiger partial charge in [0.1, 0.15) is 12.3 Å². The summed E-state index contributed by atoms with van der Waals surface area (Å²) in [6.45, 7) is 10.7. The van der Waals surface area contributed by atoms with Gasteiger partial charge in [0, 0.05) is 32.1 Å². The summed E-state index contributed by atoms with van der Waals surface area (Å²) in [5.41, 5.74) is 0.200. The van der Waals surface area contributed by atoms with E-state index in [2.05, 4.69) is 47.7 Å². The lowest BCUT2D eigenvalue weighted by Crippen LogP contribution is -2.36. The van der Waals surface area contributed by atoms with E-state index in [9.17, 15) is 4.79 Å². The highest BCUT2D eigenvalue weighted by Gasteiger charge is 2.42. The van der Waals surface area contributed by atoms with Gasteiger partial charge in [-0.1, -0.05) is 12.1 Å². The smallest absolute Gasteiger partial charge is 0.351 e. The molecule has 2 aliphatic rings. The summed E-state index contributed by atoms with van der Waals surface area (Å²) in [5.74, 6) is 1.33. The number of rotatable bonds is 11. The number of para-hydroxylation sites is 2. The minimum absolute atomic E-state index is 0.0625. The monoisotopic (exact) mass is 536 g/mol. The van der Waals surface area contributed by atoms with Crippen LogP contribution in [-0.4, -0.2) is 65.1 Å². The lowest BCUT2D eigenvalue weighted by Gasteiger charge is -2.36. The number of fused-ring (bicyclic) bond motifs is 2. The van der Waals surface area contributed by atoms with Gasteiger partial charge in [-0.15, -0.1) is 0 Å². The number of methoxy groups -OCH3 is 1. The van der Waals surface area contributed by atoms with Crippen molar-refractivity contribution in [1.82, 2.24) is 14.2 Å². The average molecular weight is 537 g/mol. The maximum atomic E-state index is 13.1. The Morgan fingerprint density at radius 2 is 2.16 bits per heavy atom. The Morgan fingerprint density at radius 3 is 2.89 bits per heavy atom. The molecule has 3 heterocycles. The summed E-state index contributed by atoms with van der Waals surface area (Å²) in [6, 6.07) is 7.61. The molecule has 1 saturated heterocycles. The quantitative estimate of drug-likeness (QED) is 0.210. The first-order chi connectivity index (χ1) is 18.7. The van der Waals surface area contributed by atoms with Crippen molar-refractivity contribution in [3.05, 3.63) is 40.9 Å². The summed E-state index contributed by atoms with van der Waals surface area (Å²) < 4.78 is 48.3. The molecule has 1 N–H and O–H groups in total. The number of aliphatic imine (C=N–C) groups is 1. The largest absolute Gasteiger partial charge is 0.450 e. The van der Waals surface area contributed by atoms with Crippen LogP contribution in [0.25, 0.3) is 0 Å². The molecule has 2 aromatic rings. The van der Waals surface area contributed by atoms with E-state index in [1.54, 1.807) is 6.20 Å². The first-order valence-corrected chi connectivity index (χ1v) is 13.5. The van der Waals surface area contributed by atoms with Gasteiger partial charge < -0.3 is 28.6 Å². The van der Waals surface area contributed by atoms with E-state index in [0.717, 1.165) is 5.69 Å². The van der Waals surface area contributed by atoms with Gasteiger partial charge >= 0.3 is 14.2 Å². The fourth-order valence-corrected chi connectivity index (χ4v) is 5.95. The third kappa shape index (κ3) is 6.30. The van der Waals surface area contributed by atoms with Gasteiger partial charge in [0.05, 0.1) is 27.3 Å². The van der Waals surface area contributed by atoms with Crippen LogP contribution in [0.15, 0.2) is 40.2 Å². The van der Waals surface area contributed by atoms with E-state index in [0.29, 0.717) is 23.9 Å². The number of ether oxygens (including phenoxy) is 3. The number of anilines is 2. The van der Waals surface area contributed by atoms with Gasteiger partial charge in [0.25, 0.3) is 0 Å². The highest BCUT2D eigenvalue weighted by molar-refractivity contribution is 7.45. The molecule has 5 atom stereocenters. The van der Waals surface area contributed by atoms with Crippen LogP contribution in [0.4, 0.5) is 11.5 Å². The predicted molar refractivity (Wildman–Crippen MR) is 143 cm³/mol. The van der Waals surface area contributed by atoms with E-state index in [1.165, 1.54) is 11.0 Å². The van der Waals surface area contributed by atoms with Crippen molar-refractivity contribution in [2.75, 3.05) is 25.5 Å². The molecule has 12 heteroatoms. The molecule has 1 fully saturated rings. The van der Waals surface area contributed by atoms with Crippen molar-refractivity contribution in [1.29, 1.82) is 0 Å². The van der Waals surface area contributed by atoms with Crippen LogP contribution in [-0.2, 0) is 18.5 Å². The van der Waals surface area contributed by atoms with E-state index in [4.69, 9.17) is 26.0 Å². The highest BCUT2D eigenvalue weighted by Crippen LogP contribution is 2.49. The summed E-state index contributed by atoms with van der Waals surface area (Å²) in [6.07, 6.45) is 1.31. The van der Waals surface area contributed by atoms with Crippen molar-refractivity contribution in [3.8, 4) is 11.5 Å². The zero-order valence-electron chi connectivity index (χ0n) is 23.7. The Kier molecular flexibility index (Phi) is 8.25. The number of benzene rings is 1. The molecule has 2 aliphatic heterocycles. The average Bonchev–Trinajstić information content (AvgIpc) is 3.27. The van der Waals surface area contributed by atoms with Gasteiger partial charge in [-0.05, 0) is 46.8 Å². The molecule has 1 aromatic heterocycles. The van der Waals surface area contributed by atoms with Crippen molar-refractivity contribution >= 4 is 26.4 Å². The summed E-state index contributed by atoms with van der Waals surface area (Å²) >= 11 is 0. The number of aromatic nitrogens is 2. The Bertz CT molecular complexity index is 1190. The Balaban J connectivity index is 1.59. The van der Waals surface area contributed by atoms with Crippen LogP contribution < -0.4 is 15.7 Å². The number of nitrogens with one attached hydrogen (secondary N) is 1. The molecule has 0 amide bonds. The molecule has 0 saturated carbocycles. The molecule has 1 aromatic carbocycles. The van der Waals surface area contributed by atoms with Crippen LogP contribution in [0.3, 0.4) is 0 Å². The molecule has 37 heavy (non-hydrogen) atoms. The summed E-state index contributed by atoms with van der Waals surface area (Å²) in [4.78, 5) is 21.4. The van der Waals surface area contributed by atoms with Crippen molar-refractivity contribution in [3.63, 3.8) is 0 Å². The third-order valence-corrected chi connectivity index (χ3v) is 7.92. The normalized spacial score (nSPS) is 23.3. The second-order valence-corrected chi connectivity index (χ2v) is 10.6. The van der Waals surface area contributed by atoms with Crippen molar-refractivity contribution in [2.24, 2.45) is 4.99 Å². The van der Waals surface area contributed by atoms with Gasteiger partial charge in [-0.2, -0.15) is 4.98 Å². The van der Waals surface area contributed by atoms with Gasteiger partial charge in [0.15, 0.2) is 23.7 Å². The fraction of sp³-hybridized carbons (Fsp3) is 0.560. The Morgan fingerprint density at radius 1 is 1.38 bits per heavy atom. The van der Waals surface area contributed by atoms with E-state index < -0.39 is 39.7 Å². The second-order valence-electron chi connectivity index (χ2n) is 9.22.